The van der Waals surface area contributed by atoms with Gasteiger partial charge in [-0.05, 0) is 31.0 Å². The van der Waals surface area contributed by atoms with Crippen molar-refractivity contribution in [3.8, 4) is 0 Å². The number of carbonyl (C=O) groups excluding carboxylic acids is 2. The number of benzene rings is 1. The average molecular weight is 331 g/mol. The first-order chi connectivity index (χ1) is 10.9. The summed E-state index contributed by atoms with van der Waals surface area (Å²) in [6.45, 7) is 8.26. The van der Waals surface area contributed by atoms with Crippen LogP contribution in [0.15, 0.2) is 23.6 Å². The van der Waals surface area contributed by atoms with Gasteiger partial charge >= 0.3 is 11.8 Å². The van der Waals surface area contributed by atoms with Gasteiger partial charge in [0.25, 0.3) is 0 Å². The predicted octanol–water partition coefficient (Wildman–Crippen LogP) is 3.14. The Labute approximate surface area is 140 Å². The Morgan fingerprint density at radius 2 is 1.96 bits per heavy atom. The summed E-state index contributed by atoms with van der Waals surface area (Å²) in [5.41, 5.74) is 3.44. The highest BCUT2D eigenvalue weighted by Crippen LogP contribution is 2.19. The van der Waals surface area contributed by atoms with Crippen LogP contribution in [0.1, 0.15) is 41.6 Å². The highest BCUT2D eigenvalue weighted by molar-refractivity contribution is 7.09. The van der Waals surface area contributed by atoms with Crippen LogP contribution < -0.4 is 10.6 Å². The largest absolute Gasteiger partial charge is 0.342 e. The number of hydrogen-bond donors (Lipinski definition) is 2. The van der Waals surface area contributed by atoms with Crippen LogP contribution in [0.2, 0.25) is 0 Å². The number of rotatable bonds is 4. The molecule has 0 spiro atoms. The number of hydrogen-bond acceptors (Lipinski definition) is 4. The van der Waals surface area contributed by atoms with Gasteiger partial charge in [0.05, 0.1) is 17.2 Å². The Kier molecular flexibility index (Phi) is 5.50. The Morgan fingerprint density at radius 3 is 2.61 bits per heavy atom. The molecule has 2 N–H and O–H groups in total. The lowest BCUT2D eigenvalue weighted by Crippen LogP contribution is -2.35. The van der Waals surface area contributed by atoms with Crippen molar-refractivity contribution in [2.75, 3.05) is 5.32 Å². The van der Waals surface area contributed by atoms with Gasteiger partial charge in [0.15, 0.2) is 0 Å². The number of amides is 2. The Bertz CT molecular complexity index is 722. The molecular formula is C17H21N3O2S. The third kappa shape index (κ3) is 4.39. The van der Waals surface area contributed by atoms with Gasteiger partial charge in [-0.2, -0.15) is 0 Å². The number of aryl methyl sites for hydroxylation is 1. The van der Waals surface area contributed by atoms with Gasteiger partial charge in [0.1, 0.15) is 0 Å². The maximum atomic E-state index is 12.0. The van der Waals surface area contributed by atoms with E-state index in [4.69, 9.17) is 0 Å². The first-order valence-corrected chi connectivity index (χ1v) is 8.36. The number of aromatic nitrogens is 1. The minimum Gasteiger partial charge on any atom is -0.342 e. The van der Waals surface area contributed by atoms with E-state index < -0.39 is 11.8 Å². The molecule has 0 radical (unpaired) electrons. The van der Waals surface area contributed by atoms with E-state index in [-0.39, 0.29) is 6.54 Å². The predicted molar refractivity (Wildman–Crippen MR) is 92.6 cm³/mol. The summed E-state index contributed by atoms with van der Waals surface area (Å²) in [6.07, 6.45) is 0. The number of nitrogens with one attached hydrogen (secondary N) is 2. The van der Waals surface area contributed by atoms with Gasteiger partial charge in [0, 0.05) is 17.0 Å². The van der Waals surface area contributed by atoms with Gasteiger partial charge < -0.3 is 10.6 Å². The minimum atomic E-state index is -0.669. The minimum absolute atomic E-state index is 0.252. The van der Waals surface area contributed by atoms with Crippen LogP contribution in [-0.4, -0.2) is 16.8 Å². The maximum Gasteiger partial charge on any atom is 0.313 e. The fourth-order valence-corrected chi connectivity index (χ4v) is 2.82. The first-order valence-electron chi connectivity index (χ1n) is 7.48. The highest BCUT2D eigenvalue weighted by Gasteiger charge is 2.15. The van der Waals surface area contributed by atoms with E-state index in [2.05, 4.69) is 29.5 Å². The standard InChI is InChI=1S/C17H21N3O2S/c1-10(2)17-19-13(9-23-17)8-18-15(21)16(22)20-14-7-5-6-11(3)12(14)4/h5-7,9-10H,8H2,1-4H3,(H,18,21)(H,20,22). The van der Waals surface area contributed by atoms with Crippen LogP contribution in [0, 0.1) is 13.8 Å². The molecule has 2 aromatic rings. The summed E-state index contributed by atoms with van der Waals surface area (Å²) in [7, 11) is 0. The molecule has 5 nitrogen and oxygen atoms in total. The van der Waals surface area contributed by atoms with Gasteiger partial charge in [-0.25, -0.2) is 4.98 Å². The van der Waals surface area contributed by atoms with Crippen molar-refractivity contribution >= 4 is 28.8 Å². The van der Waals surface area contributed by atoms with Crippen LogP contribution in [0.5, 0.6) is 0 Å². The van der Waals surface area contributed by atoms with Crippen molar-refractivity contribution in [1.29, 1.82) is 0 Å². The van der Waals surface area contributed by atoms with Crippen molar-refractivity contribution in [2.24, 2.45) is 0 Å². The summed E-state index contributed by atoms with van der Waals surface area (Å²) in [6, 6.07) is 5.58. The smallest absolute Gasteiger partial charge is 0.313 e. The van der Waals surface area contributed by atoms with Crippen molar-refractivity contribution < 1.29 is 9.59 Å². The van der Waals surface area contributed by atoms with Crippen molar-refractivity contribution in [3.05, 3.63) is 45.4 Å². The van der Waals surface area contributed by atoms with Gasteiger partial charge in [0.2, 0.25) is 0 Å². The van der Waals surface area contributed by atoms with E-state index in [0.29, 0.717) is 11.6 Å². The molecule has 23 heavy (non-hydrogen) atoms. The van der Waals surface area contributed by atoms with Gasteiger partial charge in [-0.3, -0.25) is 9.59 Å². The van der Waals surface area contributed by atoms with Gasteiger partial charge in [-0.1, -0.05) is 26.0 Å². The molecule has 0 bridgehead atoms. The second-order valence-electron chi connectivity index (χ2n) is 5.72. The van der Waals surface area contributed by atoms with E-state index in [9.17, 15) is 9.59 Å². The Balaban J connectivity index is 1.92. The summed E-state index contributed by atoms with van der Waals surface area (Å²) < 4.78 is 0. The normalized spacial score (nSPS) is 10.7. The van der Waals surface area contributed by atoms with E-state index in [1.54, 1.807) is 17.4 Å². The monoisotopic (exact) mass is 331 g/mol. The molecule has 2 rings (SSSR count). The van der Waals surface area contributed by atoms with E-state index in [1.165, 1.54) is 0 Å². The Hall–Kier alpha value is -2.21. The summed E-state index contributed by atoms with van der Waals surface area (Å²) >= 11 is 1.56. The molecule has 6 heteroatoms. The van der Waals surface area contributed by atoms with Crippen LogP contribution in [0.4, 0.5) is 5.69 Å². The fourth-order valence-electron chi connectivity index (χ4n) is 1.99. The molecule has 1 aromatic carbocycles. The Morgan fingerprint density at radius 1 is 1.22 bits per heavy atom. The molecule has 0 aliphatic heterocycles. The molecule has 0 aliphatic rings. The van der Waals surface area contributed by atoms with Crippen molar-refractivity contribution in [2.45, 2.75) is 40.2 Å². The van der Waals surface area contributed by atoms with E-state index >= 15 is 0 Å². The van der Waals surface area contributed by atoms with Crippen molar-refractivity contribution in [1.82, 2.24) is 10.3 Å². The number of thiazole rings is 1. The van der Waals surface area contributed by atoms with E-state index in [0.717, 1.165) is 21.8 Å². The third-order valence-electron chi connectivity index (χ3n) is 3.55. The summed E-state index contributed by atoms with van der Waals surface area (Å²) in [5.74, 6) is -0.972. The zero-order chi connectivity index (χ0) is 17.0. The molecule has 1 aromatic heterocycles. The zero-order valence-corrected chi connectivity index (χ0v) is 14.6. The lowest BCUT2D eigenvalue weighted by molar-refractivity contribution is -0.136. The third-order valence-corrected chi connectivity index (χ3v) is 4.75. The number of carbonyl (C=O) groups is 2. The van der Waals surface area contributed by atoms with Crippen LogP contribution in [-0.2, 0) is 16.1 Å². The molecule has 2 amide bonds. The van der Waals surface area contributed by atoms with Crippen LogP contribution in [0.25, 0.3) is 0 Å². The molecule has 0 aliphatic carbocycles. The lowest BCUT2D eigenvalue weighted by Gasteiger charge is -2.10. The fraction of sp³-hybridized carbons (Fsp3) is 0.353. The maximum absolute atomic E-state index is 12.0. The molecule has 0 saturated carbocycles. The number of nitrogens with zero attached hydrogens (tertiary/aromatic N) is 1. The van der Waals surface area contributed by atoms with Gasteiger partial charge in [-0.15, -0.1) is 11.3 Å². The van der Waals surface area contributed by atoms with Crippen LogP contribution >= 0.6 is 11.3 Å². The lowest BCUT2D eigenvalue weighted by atomic mass is 10.1. The van der Waals surface area contributed by atoms with Crippen molar-refractivity contribution in [3.63, 3.8) is 0 Å². The van der Waals surface area contributed by atoms with Crippen LogP contribution in [0.3, 0.4) is 0 Å². The molecule has 0 fully saturated rings. The summed E-state index contributed by atoms with van der Waals surface area (Å²) in [5, 5.41) is 8.16. The molecule has 122 valence electrons. The summed E-state index contributed by atoms with van der Waals surface area (Å²) in [4.78, 5) is 28.3. The SMILES string of the molecule is Cc1cccc(NC(=O)C(=O)NCc2csc(C(C)C)n2)c1C. The first kappa shape index (κ1) is 17.1. The second kappa shape index (κ2) is 7.37. The molecular weight excluding hydrogens is 310 g/mol. The quantitative estimate of drug-likeness (QED) is 0.846. The molecule has 1 heterocycles. The van der Waals surface area contributed by atoms with E-state index in [1.807, 2.05) is 31.4 Å². The number of anilines is 1. The molecule has 0 atom stereocenters. The highest BCUT2D eigenvalue weighted by atomic mass is 32.1. The average Bonchev–Trinajstić information content (AvgIpc) is 2.98. The topological polar surface area (TPSA) is 71.1 Å². The molecule has 0 unspecified atom stereocenters. The molecule has 0 saturated heterocycles. The zero-order valence-electron chi connectivity index (χ0n) is 13.8. The second-order valence-corrected chi connectivity index (χ2v) is 6.61.